The quantitative estimate of drug-likeness (QED) is 0.201. The van der Waals surface area contributed by atoms with Crippen molar-refractivity contribution in [1.29, 1.82) is 0 Å². The molecule has 124 valence electrons. The molecule has 1 nitrogen and oxygen atoms in total. The molecule has 5 aromatic rings. The van der Waals surface area contributed by atoms with Crippen LogP contribution in [0.3, 0.4) is 0 Å². The zero-order chi connectivity index (χ0) is 17.5. The topological polar surface area (TPSA) is 9.23 Å². The average molecular weight is 446 g/mol. The van der Waals surface area contributed by atoms with Crippen molar-refractivity contribution < 1.29 is 3.07 Å². The second-order valence-electron chi connectivity index (χ2n) is 6.46. The second kappa shape index (κ2) is 6.29. The van der Waals surface area contributed by atoms with Crippen molar-refractivity contribution >= 4 is 55.3 Å². The normalized spacial score (nSPS) is 11.3. The van der Waals surface area contributed by atoms with E-state index in [0.717, 1.165) is 5.75 Å². The van der Waals surface area contributed by atoms with Crippen molar-refractivity contribution in [3.05, 3.63) is 91.0 Å². The molecule has 26 heavy (non-hydrogen) atoms. The van der Waals surface area contributed by atoms with Crippen molar-refractivity contribution in [3.63, 3.8) is 0 Å². The lowest BCUT2D eigenvalue weighted by atomic mass is 9.92. The minimum absolute atomic E-state index is 0.867. The van der Waals surface area contributed by atoms with Crippen LogP contribution >= 0.6 is 23.0 Å². The fourth-order valence-corrected chi connectivity index (χ4v) is 4.08. The van der Waals surface area contributed by atoms with E-state index in [9.17, 15) is 0 Å². The number of hydrogen-bond donors (Lipinski definition) is 0. The summed E-state index contributed by atoms with van der Waals surface area (Å²) in [4.78, 5) is 0. The van der Waals surface area contributed by atoms with E-state index < -0.39 is 0 Å². The van der Waals surface area contributed by atoms with Crippen LogP contribution in [-0.2, 0) is 0 Å². The summed E-state index contributed by atoms with van der Waals surface area (Å²) in [5.41, 5.74) is 2.37. The Kier molecular flexibility index (Phi) is 3.79. The molecule has 0 saturated heterocycles. The van der Waals surface area contributed by atoms with Crippen LogP contribution in [0, 0.1) is 0 Å². The van der Waals surface area contributed by atoms with Crippen LogP contribution in [0.4, 0.5) is 0 Å². The van der Waals surface area contributed by atoms with E-state index in [4.69, 9.17) is 3.07 Å². The maximum atomic E-state index is 5.36. The van der Waals surface area contributed by atoms with Gasteiger partial charge in [0.15, 0.2) is 23.0 Å². The molecular formula is C24H15IO. The molecule has 0 fully saturated rings. The molecule has 0 aromatic heterocycles. The van der Waals surface area contributed by atoms with Gasteiger partial charge in [-0.1, -0.05) is 72.8 Å². The Morgan fingerprint density at radius 1 is 0.462 bits per heavy atom. The fraction of sp³-hybridized carbons (Fsp3) is 0. The summed E-state index contributed by atoms with van der Waals surface area (Å²) in [6.07, 6.45) is 0. The maximum Gasteiger partial charge on any atom is 0.192 e. The first-order chi connectivity index (χ1) is 12.8. The van der Waals surface area contributed by atoms with Crippen LogP contribution in [0.15, 0.2) is 91.0 Å². The Labute approximate surface area is 165 Å². The SMILES string of the molecule is IOc1cccc(-c2ccc3c4ccccc4c4ccccc4c3c2)c1. The molecule has 0 N–H and O–H groups in total. The van der Waals surface area contributed by atoms with Crippen LogP contribution in [0.2, 0.25) is 0 Å². The lowest BCUT2D eigenvalue weighted by Crippen LogP contribution is -1.85. The molecule has 0 aliphatic carbocycles. The highest BCUT2D eigenvalue weighted by atomic mass is 127. The number of hydrogen-bond acceptors (Lipinski definition) is 1. The van der Waals surface area contributed by atoms with E-state index >= 15 is 0 Å². The second-order valence-corrected chi connectivity index (χ2v) is 6.90. The van der Waals surface area contributed by atoms with Gasteiger partial charge in [-0.3, -0.25) is 0 Å². The Balaban J connectivity index is 1.88. The lowest BCUT2D eigenvalue weighted by Gasteiger charge is -2.12. The smallest absolute Gasteiger partial charge is 0.192 e. The predicted octanol–water partition coefficient (Wildman–Crippen LogP) is 7.54. The Bertz CT molecular complexity index is 1240. The Hall–Kier alpha value is -2.59. The van der Waals surface area contributed by atoms with Crippen molar-refractivity contribution in [3.8, 4) is 16.9 Å². The van der Waals surface area contributed by atoms with Crippen molar-refractivity contribution in [1.82, 2.24) is 0 Å². The van der Waals surface area contributed by atoms with E-state index in [0.29, 0.717) is 0 Å². The minimum atomic E-state index is 0.867. The van der Waals surface area contributed by atoms with E-state index in [1.165, 1.54) is 43.4 Å². The summed E-state index contributed by atoms with van der Waals surface area (Å²) in [5.74, 6) is 0.867. The summed E-state index contributed by atoms with van der Waals surface area (Å²) in [5, 5.41) is 7.80. The zero-order valence-electron chi connectivity index (χ0n) is 13.9. The molecule has 0 heterocycles. The number of halogens is 1. The van der Waals surface area contributed by atoms with Crippen LogP contribution in [0.5, 0.6) is 5.75 Å². The summed E-state index contributed by atoms with van der Waals surface area (Å²) < 4.78 is 5.36. The molecule has 2 heteroatoms. The van der Waals surface area contributed by atoms with Gasteiger partial charge in [0.2, 0.25) is 0 Å². The number of benzene rings is 5. The van der Waals surface area contributed by atoms with Gasteiger partial charge in [0.05, 0.1) is 0 Å². The zero-order valence-corrected chi connectivity index (χ0v) is 16.1. The first-order valence-corrected chi connectivity index (χ1v) is 9.45. The van der Waals surface area contributed by atoms with Crippen molar-refractivity contribution in [2.75, 3.05) is 0 Å². The molecular weight excluding hydrogens is 431 g/mol. The highest BCUT2D eigenvalue weighted by molar-refractivity contribution is 14.1. The summed E-state index contributed by atoms with van der Waals surface area (Å²) >= 11 is 1.92. The molecule has 0 aliphatic heterocycles. The summed E-state index contributed by atoms with van der Waals surface area (Å²) in [6.45, 7) is 0. The highest BCUT2D eigenvalue weighted by Gasteiger charge is 2.09. The lowest BCUT2D eigenvalue weighted by molar-refractivity contribution is 0.717. The highest BCUT2D eigenvalue weighted by Crippen LogP contribution is 2.37. The first kappa shape index (κ1) is 15.6. The van der Waals surface area contributed by atoms with Gasteiger partial charge in [-0.25, -0.2) is 0 Å². The predicted molar refractivity (Wildman–Crippen MR) is 119 cm³/mol. The van der Waals surface area contributed by atoms with Gasteiger partial charge in [0, 0.05) is 0 Å². The Morgan fingerprint density at radius 3 is 1.62 bits per heavy atom. The van der Waals surface area contributed by atoms with Crippen LogP contribution < -0.4 is 3.07 Å². The first-order valence-electron chi connectivity index (χ1n) is 8.57. The minimum Gasteiger partial charge on any atom is -0.428 e. The maximum absolute atomic E-state index is 5.36. The molecule has 0 aliphatic rings. The fourth-order valence-electron chi connectivity index (χ4n) is 3.81. The molecule has 0 atom stereocenters. The Morgan fingerprint density at radius 2 is 1.00 bits per heavy atom. The summed E-state index contributed by atoms with van der Waals surface area (Å²) in [6, 6.07) is 32.3. The van der Waals surface area contributed by atoms with Gasteiger partial charge in [-0.2, -0.15) is 0 Å². The number of rotatable bonds is 2. The monoisotopic (exact) mass is 446 g/mol. The van der Waals surface area contributed by atoms with Crippen LogP contribution in [-0.4, -0.2) is 0 Å². The van der Waals surface area contributed by atoms with Crippen molar-refractivity contribution in [2.24, 2.45) is 0 Å². The molecule has 0 unspecified atom stereocenters. The largest absolute Gasteiger partial charge is 0.428 e. The molecule has 0 spiro atoms. The summed E-state index contributed by atoms with van der Waals surface area (Å²) in [7, 11) is 0. The molecule has 0 amide bonds. The van der Waals surface area contributed by atoms with Crippen LogP contribution in [0.1, 0.15) is 0 Å². The van der Waals surface area contributed by atoms with Crippen molar-refractivity contribution in [2.45, 2.75) is 0 Å². The third-order valence-corrected chi connectivity index (χ3v) is 5.51. The van der Waals surface area contributed by atoms with E-state index in [-0.39, 0.29) is 0 Å². The van der Waals surface area contributed by atoms with E-state index in [1.807, 2.05) is 35.1 Å². The van der Waals surface area contributed by atoms with Gasteiger partial charge in [0.25, 0.3) is 0 Å². The van der Waals surface area contributed by atoms with E-state index in [2.05, 4.69) is 78.9 Å². The van der Waals surface area contributed by atoms with Gasteiger partial charge in [-0.15, -0.1) is 0 Å². The third kappa shape index (κ3) is 2.44. The molecule has 5 rings (SSSR count). The molecule has 0 radical (unpaired) electrons. The van der Waals surface area contributed by atoms with E-state index in [1.54, 1.807) is 0 Å². The van der Waals surface area contributed by atoms with Gasteiger partial charge in [-0.05, 0) is 61.6 Å². The molecule has 0 saturated carbocycles. The molecule has 5 aromatic carbocycles. The standard InChI is InChI=1S/C24H15IO/c25-26-18-7-5-6-16(14-18)17-12-13-23-21-10-2-1-8-19(21)20-9-3-4-11-22(20)24(23)15-17/h1-15H. The third-order valence-electron chi connectivity index (χ3n) is 5.00. The molecule has 0 bridgehead atoms. The van der Waals surface area contributed by atoms with Gasteiger partial charge < -0.3 is 3.07 Å². The average Bonchev–Trinajstić information content (AvgIpc) is 2.73. The van der Waals surface area contributed by atoms with Gasteiger partial charge in [0.1, 0.15) is 5.75 Å². The van der Waals surface area contributed by atoms with Crippen LogP contribution in [0.25, 0.3) is 43.4 Å². The number of fused-ring (bicyclic) bond motifs is 6. The van der Waals surface area contributed by atoms with Gasteiger partial charge >= 0.3 is 0 Å².